The summed E-state index contributed by atoms with van der Waals surface area (Å²) in [7, 11) is 0. The maximum absolute atomic E-state index is 12.1. The van der Waals surface area contributed by atoms with Gasteiger partial charge in [-0.25, -0.2) is 9.78 Å². The molecule has 4 nitrogen and oxygen atoms in total. The standard InChI is InChI=1S/C15H20N2O2/c1-15(2,3)19-14(18)17-7-6-11-8-12(10-4-5-10)9-16-13(11)17/h8-10H,4-7H2,1-3H3. The minimum Gasteiger partial charge on any atom is -0.443 e. The van der Waals surface area contributed by atoms with E-state index in [-0.39, 0.29) is 6.09 Å². The van der Waals surface area contributed by atoms with Gasteiger partial charge in [0.1, 0.15) is 11.4 Å². The van der Waals surface area contributed by atoms with Crippen molar-refractivity contribution in [2.24, 2.45) is 0 Å². The molecule has 2 heterocycles. The number of amides is 1. The van der Waals surface area contributed by atoms with Crippen LogP contribution in [0.3, 0.4) is 0 Å². The number of carbonyl (C=O) groups excluding carboxylic acids is 1. The summed E-state index contributed by atoms with van der Waals surface area (Å²) in [5, 5.41) is 0. The van der Waals surface area contributed by atoms with Crippen molar-refractivity contribution in [3.05, 3.63) is 23.4 Å². The molecule has 0 spiro atoms. The summed E-state index contributed by atoms with van der Waals surface area (Å²) in [4.78, 5) is 18.2. The Morgan fingerprint density at radius 3 is 2.79 bits per heavy atom. The van der Waals surface area contributed by atoms with Crippen LogP contribution in [0, 0.1) is 0 Å². The van der Waals surface area contributed by atoms with Crippen LogP contribution in [0.2, 0.25) is 0 Å². The van der Waals surface area contributed by atoms with Gasteiger partial charge in [0.2, 0.25) is 0 Å². The van der Waals surface area contributed by atoms with E-state index in [2.05, 4.69) is 11.1 Å². The molecule has 0 radical (unpaired) electrons. The number of nitrogens with zero attached hydrogens (tertiary/aromatic N) is 2. The lowest BCUT2D eigenvalue weighted by Crippen LogP contribution is -2.36. The smallest absolute Gasteiger partial charge is 0.416 e. The van der Waals surface area contributed by atoms with Crippen LogP contribution >= 0.6 is 0 Å². The maximum atomic E-state index is 12.1. The molecular formula is C15H20N2O2. The number of ether oxygens (including phenoxy) is 1. The van der Waals surface area contributed by atoms with E-state index < -0.39 is 5.60 Å². The van der Waals surface area contributed by atoms with Crippen LogP contribution in [-0.4, -0.2) is 23.2 Å². The molecule has 1 aromatic heterocycles. The zero-order valence-electron chi connectivity index (χ0n) is 11.8. The summed E-state index contributed by atoms with van der Waals surface area (Å²) in [6.07, 6.45) is 5.05. The summed E-state index contributed by atoms with van der Waals surface area (Å²) >= 11 is 0. The van der Waals surface area contributed by atoms with Gasteiger partial charge in [-0.15, -0.1) is 0 Å². The molecule has 0 N–H and O–H groups in total. The first kappa shape index (κ1) is 12.5. The van der Waals surface area contributed by atoms with Gasteiger partial charge in [-0.1, -0.05) is 6.07 Å². The Labute approximate surface area is 113 Å². The van der Waals surface area contributed by atoms with Crippen LogP contribution in [0.1, 0.15) is 50.7 Å². The van der Waals surface area contributed by atoms with E-state index in [0.29, 0.717) is 12.5 Å². The summed E-state index contributed by atoms with van der Waals surface area (Å²) < 4.78 is 5.42. The van der Waals surface area contributed by atoms with Gasteiger partial charge < -0.3 is 4.74 Å². The lowest BCUT2D eigenvalue weighted by molar-refractivity contribution is 0.0583. The van der Waals surface area contributed by atoms with Crippen molar-refractivity contribution < 1.29 is 9.53 Å². The minimum atomic E-state index is -0.464. The van der Waals surface area contributed by atoms with Crippen LogP contribution in [0.4, 0.5) is 10.6 Å². The molecule has 102 valence electrons. The van der Waals surface area contributed by atoms with E-state index in [9.17, 15) is 4.79 Å². The van der Waals surface area contributed by atoms with Gasteiger partial charge in [-0.3, -0.25) is 4.90 Å². The summed E-state index contributed by atoms with van der Waals surface area (Å²) in [6, 6.07) is 2.21. The van der Waals surface area contributed by atoms with E-state index in [1.165, 1.54) is 24.0 Å². The molecule has 1 amide bonds. The highest BCUT2D eigenvalue weighted by atomic mass is 16.6. The van der Waals surface area contributed by atoms with Crippen LogP contribution < -0.4 is 4.90 Å². The van der Waals surface area contributed by atoms with Crippen LogP contribution in [0.5, 0.6) is 0 Å². The van der Waals surface area contributed by atoms with Crippen molar-refractivity contribution in [1.29, 1.82) is 0 Å². The Hall–Kier alpha value is -1.58. The van der Waals surface area contributed by atoms with Crippen molar-refractivity contribution >= 4 is 11.9 Å². The molecule has 0 unspecified atom stereocenters. The molecule has 0 saturated heterocycles. The van der Waals surface area contributed by atoms with Gasteiger partial charge in [0.25, 0.3) is 0 Å². The highest BCUT2D eigenvalue weighted by Gasteiger charge is 2.32. The van der Waals surface area contributed by atoms with Gasteiger partial charge in [0.15, 0.2) is 0 Å². The molecular weight excluding hydrogens is 240 g/mol. The molecule has 0 atom stereocenters. The molecule has 19 heavy (non-hydrogen) atoms. The van der Waals surface area contributed by atoms with E-state index in [0.717, 1.165) is 12.2 Å². The second-order valence-electron chi connectivity index (χ2n) is 6.41. The SMILES string of the molecule is CC(C)(C)OC(=O)N1CCc2cc(C3CC3)cnc21. The second-order valence-corrected chi connectivity index (χ2v) is 6.41. The highest BCUT2D eigenvalue weighted by Crippen LogP contribution is 2.41. The molecule has 0 bridgehead atoms. The van der Waals surface area contributed by atoms with Crippen LogP contribution in [0.15, 0.2) is 12.3 Å². The molecule has 1 aliphatic carbocycles. The fourth-order valence-corrected chi connectivity index (χ4v) is 2.42. The largest absolute Gasteiger partial charge is 0.443 e. The van der Waals surface area contributed by atoms with Crippen molar-refractivity contribution in [3.63, 3.8) is 0 Å². The summed E-state index contributed by atoms with van der Waals surface area (Å²) in [5.74, 6) is 1.48. The number of hydrogen-bond acceptors (Lipinski definition) is 3. The minimum absolute atomic E-state index is 0.294. The molecule has 0 aromatic carbocycles. The zero-order chi connectivity index (χ0) is 13.6. The van der Waals surface area contributed by atoms with E-state index in [1.807, 2.05) is 27.0 Å². The van der Waals surface area contributed by atoms with Crippen LogP contribution in [0.25, 0.3) is 0 Å². The predicted octanol–water partition coefficient (Wildman–Crippen LogP) is 3.26. The molecule has 1 saturated carbocycles. The highest BCUT2D eigenvalue weighted by molar-refractivity contribution is 5.89. The number of rotatable bonds is 1. The number of hydrogen-bond donors (Lipinski definition) is 0. The normalized spacial score (nSPS) is 18.4. The number of anilines is 1. The summed E-state index contributed by atoms with van der Waals surface area (Å²) in [6.45, 7) is 6.31. The third kappa shape index (κ3) is 2.57. The monoisotopic (exact) mass is 260 g/mol. The first-order valence-corrected chi connectivity index (χ1v) is 6.93. The predicted molar refractivity (Wildman–Crippen MR) is 73.5 cm³/mol. The number of fused-ring (bicyclic) bond motifs is 1. The fourth-order valence-electron chi connectivity index (χ4n) is 2.42. The Morgan fingerprint density at radius 2 is 2.16 bits per heavy atom. The number of aromatic nitrogens is 1. The van der Waals surface area contributed by atoms with Gasteiger partial charge in [-0.2, -0.15) is 0 Å². The third-order valence-electron chi connectivity index (χ3n) is 3.49. The third-order valence-corrected chi connectivity index (χ3v) is 3.49. The first-order chi connectivity index (χ1) is 8.94. The van der Waals surface area contributed by atoms with Crippen molar-refractivity contribution in [2.75, 3.05) is 11.4 Å². The lowest BCUT2D eigenvalue weighted by Gasteiger charge is -2.24. The molecule has 3 rings (SSSR count). The average molecular weight is 260 g/mol. The van der Waals surface area contributed by atoms with Crippen molar-refractivity contribution in [1.82, 2.24) is 4.98 Å². The molecule has 4 heteroatoms. The van der Waals surface area contributed by atoms with Gasteiger partial charge in [-0.05, 0) is 57.1 Å². The summed E-state index contributed by atoms with van der Waals surface area (Å²) in [5.41, 5.74) is 2.04. The van der Waals surface area contributed by atoms with Gasteiger partial charge in [0, 0.05) is 12.7 Å². The first-order valence-electron chi connectivity index (χ1n) is 6.93. The van der Waals surface area contributed by atoms with Crippen molar-refractivity contribution in [2.45, 2.75) is 51.6 Å². The molecule has 2 aliphatic rings. The Kier molecular flexibility index (Phi) is 2.77. The molecule has 1 aliphatic heterocycles. The molecule has 1 fully saturated rings. The Morgan fingerprint density at radius 1 is 1.42 bits per heavy atom. The average Bonchev–Trinajstić information content (AvgIpc) is 3.06. The van der Waals surface area contributed by atoms with E-state index in [4.69, 9.17) is 4.74 Å². The maximum Gasteiger partial charge on any atom is 0.416 e. The lowest BCUT2D eigenvalue weighted by atomic mass is 10.1. The Bertz CT molecular complexity index is 515. The van der Waals surface area contributed by atoms with E-state index >= 15 is 0 Å². The number of carbonyl (C=O) groups is 1. The van der Waals surface area contributed by atoms with Gasteiger partial charge >= 0.3 is 6.09 Å². The number of pyridine rings is 1. The second kappa shape index (κ2) is 4.22. The topological polar surface area (TPSA) is 42.4 Å². The van der Waals surface area contributed by atoms with Gasteiger partial charge in [0.05, 0.1) is 0 Å². The van der Waals surface area contributed by atoms with Crippen molar-refractivity contribution in [3.8, 4) is 0 Å². The fraction of sp³-hybridized carbons (Fsp3) is 0.600. The molecule has 1 aromatic rings. The zero-order valence-corrected chi connectivity index (χ0v) is 11.8. The van der Waals surface area contributed by atoms with E-state index in [1.54, 1.807) is 4.90 Å². The Balaban J connectivity index is 1.80. The quantitative estimate of drug-likeness (QED) is 0.778. The van der Waals surface area contributed by atoms with Crippen LogP contribution in [-0.2, 0) is 11.2 Å².